The molecule has 0 radical (unpaired) electrons. The van der Waals surface area contributed by atoms with Crippen molar-refractivity contribution >= 4 is 39.3 Å². The molecule has 5 rings (SSSR count). The van der Waals surface area contributed by atoms with Gasteiger partial charge in [0.15, 0.2) is 0 Å². The van der Waals surface area contributed by atoms with Gasteiger partial charge in [-0.2, -0.15) is 9.97 Å². The van der Waals surface area contributed by atoms with Crippen molar-refractivity contribution in [1.82, 2.24) is 24.8 Å². The number of sulfonamides is 1. The number of aromatic nitrogens is 4. The number of rotatable bonds is 12. The predicted molar refractivity (Wildman–Crippen MR) is 166 cm³/mol. The van der Waals surface area contributed by atoms with E-state index in [9.17, 15) is 13.2 Å². The Balaban J connectivity index is 1.35. The minimum absolute atomic E-state index is 0.0411. The van der Waals surface area contributed by atoms with Crippen molar-refractivity contribution in [3.05, 3.63) is 89.5 Å². The third-order valence-corrected chi connectivity index (χ3v) is 8.68. The summed E-state index contributed by atoms with van der Waals surface area (Å²) in [7, 11) is -3.77. The standard InChI is InChI=1S/C30H35ClN8O3S/c31-24-10-6-22(7-11-24)18-34-29(40)26(16-21-4-2-1-3-5-21)36-27-17-28(39-15-14-33-20-39)38-30(37-27)35-19-23-8-12-25(13-9-23)43(32,41)42/h6-15,17,20-21,26H,1-5,16,18-19H2,(H,34,40)(H2,32,41,42)(H2,35,36,37,38). The molecule has 0 saturated heterocycles. The van der Waals surface area contributed by atoms with Gasteiger partial charge in [-0.3, -0.25) is 9.36 Å². The molecule has 1 atom stereocenters. The Morgan fingerprint density at radius 1 is 1.00 bits per heavy atom. The van der Waals surface area contributed by atoms with Crippen LogP contribution in [0.2, 0.25) is 5.02 Å². The molecule has 1 saturated carbocycles. The molecule has 1 fully saturated rings. The van der Waals surface area contributed by atoms with Gasteiger partial charge in [0, 0.05) is 36.6 Å². The molecule has 0 aliphatic heterocycles. The number of benzene rings is 2. The lowest BCUT2D eigenvalue weighted by Crippen LogP contribution is -2.41. The highest BCUT2D eigenvalue weighted by Gasteiger charge is 2.25. The van der Waals surface area contributed by atoms with Crippen LogP contribution in [0.1, 0.15) is 49.7 Å². The molecule has 43 heavy (non-hydrogen) atoms. The number of hydrogen-bond acceptors (Lipinski definition) is 8. The van der Waals surface area contributed by atoms with Crippen molar-refractivity contribution in [3.63, 3.8) is 0 Å². The smallest absolute Gasteiger partial charge is 0.242 e. The van der Waals surface area contributed by atoms with Crippen molar-refractivity contribution in [2.45, 2.75) is 62.6 Å². The van der Waals surface area contributed by atoms with Gasteiger partial charge in [-0.1, -0.05) is 68.0 Å². The number of nitrogens with two attached hydrogens (primary N) is 1. The SMILES string of the molecule is NS(=O)(=O)c1ccc(CNc2nc(NC(CC3CCCCC3)C(=O)NCc3ccc(Cl)cc3)cc(-n3ccnc3)n2)cc1. The molecule has 1 aliphatic rings. The summed E-state index contributed by atoms with van der Waals surface area (Å²) < 4.78 is 24.9. The zero-order chi connectivity index (χ0) is 30.2. The molecule has 1 amide bonds. The summed E-state index contributed by atoms with van der Waals surface area (Å²) in [5, 5.41) is 15.5. The van der Waals surface area contributed by atoms with Crippen molar-refractivity contribution in [2.24, 2.45) is 11.1 Å². The molecule has 2 aromatic heterocycles. The van der Waals surface area contributed by atoms with E-state index in [0.29, 0.717) is 48.0 Å². The lowest BCUT2D eigenvalue weighted by atomic mass is 9.84. The molecule has 2 aromatic carbocycles. The number of carbonyl (C=O) groups excluding carboxylic acids is 1. The van der Waals surface area contributed by atoms with Crippen molar-refractivity contribution in [2.75, 3.05) is 10.6 Å². The van der Waals surface area contributed by atoms with E-state index in [1.54, 1.807) is 41.5 Å². The van der Waals surface area contributed by atoms with Crippen LogP contribution in [0.15, 0.2) is 78.2 Å². The largest absolute Gasteiger partial charge is 0.358 e. The minimum atomic E-state index is -3.77. The first-order valence-electron chi connectivity index (χ1n) is 14.2. The van der Waals surface area contributed by atoms with Crippen LogP contribution in [0.25, 0.3) is 5.82 Å². The van der Waals surface area contributed by atoms with E-state index in [1.807, 2.05) is 24.3 Å². The van der Waals surface area contributed by atoms with Crippen LogP contribution in [0.4, 0.5) is 11.8 Å². The summed E-state index contributed by atoms with van der Waals surface area (Å²) >= 11 is 6.02. The molecule has 11 nitrogen and oxygen atoms in total. The summed E-state index contributed by atoms with van der Waals surface area (Å²) in [5.74, 6) is 1.74. The first-order valence-corrected chi connectivity index (χ1v) is 16.2. The van der Waals surface area contributed by atoms with Crippen LogP contribution >= 0.6 is 11.6 Å². The maximum absolute atomic E-state index is 13.5. The van der Waals surface area contributed by atoms with E-state index >= 15 is 0 Å². The average Bonchev–Trinajstić information content (AvgIpc) is 3.55. The topological polar surface area (TPSA) is 157 Å². The second kappa shape index (κ2) is 14.0. The van der Waals surface area contributed by atoms with E-state index in [4.69, 9.17) is 16.7 Å². The Hall–Kier alpha value is -4.00. The maximum Gasteiger partial charge on any atom is 0.242 e. The lowest BCUT2D eigenvalue weighted by molar-refractivity contribution is -0.122. The summed E-state index contributed by atoms with van der Waals surface area (Å²) in [4.78, 5) is 27.0. The Bertz CT molecular complexity index is 1610. The molecule has 0 bridgehead atoms. The number of carbonyl (C=O) groups is 1. The van der Waals surface area contributed by atoms with E-state index in [2.05, 4.69) is 30.9 Å². The molecule has 1 aliphatic carbocycles. The van der Waals surface area contributed by atoms with Gasteiger partial charge in [0.05, 0.1) is 4.90 Å². The number of imidazole rings is 1. The monoisotopic (exact) mass is 622 g/mol. The third kappa shape index (κ3) is 8.76. The van der Waals surface area contributed by atoms with Crippen LogP contribution < -0.4 is 21.1 Å². The molecule has 13 heteroatoms. The van der Waals surface area contributed by atoms with Crippen LogP contribution in [-0.4, -0.2) is 39.9 Å². The number of nitrogens with zero attached hydrogens (tertiary/aromatic N) is 4. The number of hydrogen-bond donors (Lipinski definition) is 4. The summed E-state index contributed by atoms with van der Waals surface area (Å²) in [6.45, 7) is 0.727. The zero-order valence-electron chi connectivity index (χ0n) is 23.6. The molecule has 4 aromatic rings. The molecular formula is C30H35ClN8O3S. The fraction of sp³-hybridized carbons (Fsp3) is 0.333. The molecule has 5 N–H and O–H groups in total. The highest BCUT2D eigenvalue weighted by molar-refractivity contribution is 7.89. The van der Waals surface area contributed by atoms with Gasteiger partial charge >= 0.3 is 0 Å². The van der Waals surface area contributed by atoms with E-state index in [-0.39, 0.29) is 10.8 Å². The van der Waals surface area contributed by atoms with Crippen LogP contribution in [0.5, 0.6) is 0 Å². The van der Waals surface area contributed by atoms with Gasteiger partial charge in [-0.15, -0.1) is 0 Å². The van der Waals surface area contributed by atoms with E-state index in [0.717, 1.165) is 24.0 Å². The van der Waals surface area contributed by atoms with E-state index < -0.39 is 16.1 Å². The average molecular weight is 623 g/mol. The van der Waals surface area contributed by atoms with Gasteiger partial charge in [-0.25, -0.2) is 18.5 Å². The highest BCUT2D eigenvalue weighted by atomic mass is 35.5. The summed E-state index contributed by atoms with van der Waals surface area (Å²) in [6.07, 6.45) is 11.6. The number of amides is 1. The molecular weight excluding hydrogens is 588 g/mol. The third-order valence-electron chi connectivity index (χ3n) is 7.50. The first kappa shape index (κ1) is 30.5. The fourth-order valence-electron chi connectivity index (χ4n) is 5.17. The second-order valence-corrected chi connectivity index (χ2v) is 12.7. The highest BCUT2D eigenvalue weighted by Crippen LogP contribution is 2.28. The second-order valence-electron chi connectivity index (χ2n) is 10.7. The van der Waals surface area contributed by atoms with Crippen molar-refractivity contribution < 1.29 is 13.2 Å². The minimum Gasteiger partial charge on any atom is -0.358 e. The Kier molecular flexibility index (Phi) is 9.90. The Labute approximate surface area is 256 Å². The summed E-state index contributed by atoms with van der Waals surface area (Å²) in [6, 6.07) is 15.0. The van der Waals surface area contributed by atoms with Gasteiger partial charge in [0.25, 0.3) is 0 Å². The van der Waals surface area contributed by atoms with Crippen LogP contribution in [-0.2, 0) is 27.9 Å². The molecule has 1 unspecified atom stereocenters. The van der Waals surface area contributed by atoms with Gasteiger partial charge in [0.1, 0.15) is 24.0 Å². The van der Waals surface area contributed by atoms with Gasteiger partial charge < -0.3 is 16.0 Å². The Morgan fingerprint density at radius 3 is 2.37 bits per heavy atom. The number of nitrogens with one attached hydrogen (secondary N) is 3. The predicted octanol–water partition coefficient (Wildman–Crippen LogP) is 4.64. The zero-order valence-corrected chi connectivity index (χ0v) is 25.2. The normalized spacial score (nSPS) is 14.7. The van der Waals surface area contributed by atoms with Gasteiger partial charge in [0.2, 0.25) is 21.9 Å². The van der Waals surface area contributed by atoms with E-state index in [1.165, 1.54) is 31.4 Å². The lowest BCUT2D eigenvalue weighted by Gasteiger charge is -2.27. The van der Waals surface area contributed by atoms with Crippen molar-refractivity contribution in [3.8, 4) is 5.82 Å². The number of anilines is 2. The van der Waals surface area contributed by atoms with Crippen LogP contribution in [0, 0.1) is 5.92 Å². The molecule has 2 heterocycles. The summed E-state index contributed by atoms with van der Waals surface area (Å²) in [5.41, 5.74) is 1.78. The maximum atomic E-state index is 13.5. The molecule has 0 spiro atoms. The fourth-order valence-corrected chi connectivity index (χ4v) is 5.81. The van der Waals surface area contributed by atoms with Gasteiger partial charge in [-0.05, 0) is 47.7 Å². The van der Waals surface area contributed by atoms with Crippen molar-refractivity contribution in [1.29, 1.82) is 0 Å². The number of halogens is 1. The first-order chi connectivity index (χ1) is 20.7. The quantitative estimate of drug-likeness (QED) is 0.178. The Morgan fingerprint density at radius 2 is 1.70 bits per heavy atom. The number of primary sulfonamides is 1. The van der Waals surface area contributed by atoms with Crippen LogP contribution in [0.3, 0.4) is 0 Å². The molecule has 226 valence electrons.